The lowest BCUT2D eigenvalue weighted by atomic mass is 10.0. The Bertz CT molecular complexity index is 1910. The summed E-state index contributed by atoms with van der Waals surface area (Å²) in [5, 5.41) is 0. The Morgan fingerprint density at radius 1 is 0.250 bits per heavy atom. The van der Waals surface area contributed by atoms with Crippen molar-refractivity contribution in [2.45, 2.75) is 24.5 Å². The van der Waals surface area contributed by atoms with Crippen molar-refractivity contribution in [3.05, 3.63) is 188 Å². The average molecular weight is 600 g/mol. The molecule has 0 fully saturated rings. The summed E-state index contributed by atoms with van der Waals surface area (Å²) in [5.41, 5.74) is 7.43. The van der Waals surface area contributed by atoms with Gasteiger partial charge < -0.3 is 0 Å². The molecule has 0 heterocycles. The lowest BCUT2D eigenvalue weighted by molar-refractivity contribution is 1.28. The molecule has 0 spiro atoms. The maximum Gasteiger partial charge on any atom is 0.166 e. The SMILES string of the molecule is c1ccc(-c2ccc(Sc3ccc([S+](c4ccccc4)c4ccc(-c5ccc(-c6ccccc6)cc5)cc4)cc3)cc2)cc1. The van der Waals surface area contributed by atoms with Gasteiger partial charge in [0.15, 0.2) is 14.7 Å². The van der Waals surface area contributed by atoms with E-state index in [1.54, 1.807) is 11.8 Å². The third-order valence-electron chi connectivity index (χ3n) is 7.65. The Labute approximate surface area is 267 Å². The van der Waals surface area contributed by atoms with Crippen molar-refractivity contribution in [3.8, 4) is 33.4 Å². The van der Waals surface area contributed by atoms with Crippen LogP contribution in [0.5, 0.6) is 0 Å². The highest BCUT2D eigenvalue weighted by atomic mass is 32.2. The third kappa shape index (κ3) is 6.43. The Morgan fingerprint density at radius 3 is 0.955 bits per heavy atom. The van der Waals surface area contributed by atoms with Gasteiger partial charge in [0, 0.05) is 9.79 Å². The van der Waals surface area contributed by atoms with Gasteiger partial charge in [-0.05, 0) is 106 Å². The first-order valence-corrected chi connectivity index (χ1v) is 16.8. The van der Waals surface area contributed by atoms with Crippen LogP contribution in [0.4, 0.5) is 0 Å². The predicted molar refractivity (Wildman–Crippen MR) is 188 cm³/mol. The van der Waals surface area contributed by atoms with Gasteiger partial charge in [0.25, 0.3) is 0 Å². The fourth-order valence-corrected chi connectivity index (χ4v) is 8.24. The van der Waals surface area contributed by atoms with Crippen molar-refractivity contribution >= 4 is 22.7 Å². The molecule has 0 aliphatic carbocycles. The van der Waals surface area contributed by atoms with E-state index in [4.69, 9.17) is 0 Å². The Kier molecular flexibility index (Phi) is 8.45. The van der Waals surface area contributed by atoms with Crippen molar-refractivity contribution < 1.29 is 0 Å². The van der Waals surface area contributed by atoms with Crippen LogP contribution in [0.2, 0.25) is 0 Å². The molecule has 1 atom stereocenters. The van der Waals surface area contributed by atoms with Crippen molar-refractivity contribution in [3.63, 3.8) is 0 Å². The topological polar surface area (TPSA) is 0 Å². The first-order chi connectivity index (χ1) is 21.8. The van der Waals surface area contributed by atoms with Crippen LogP contribution in [0.25, 0.3) is 33.4 Å². The third-order valence-corrected chi connectivity index (χ3v) is 10.9. The summed E-state index contributed by atoms with van der Waals surface area (Å²) >= 11 is 1.81. The minimum absolute atomic E-state index is 0.196. The summed E-state index contributed by atoms with van der Waals surface area (Å²) in [6.07, 6.45) is 0. The number of hydrogen-bond donors (Lipinski definition) is 0. The molecule has 0 aromatic heterocycles. The quantitative estimate of drug-likeness (QED) is 0.157. The zero-order chi connectivity index (χ0) is 29.6. The predicted octanol–water partition coefficient (Wildman–Crippen LogP) is 11.9. The molecule has 0 radical (unpaired) electrons. The van der Waals surface area contributed by atoms with E-state index in [1.807, 2.05) is 0 Å². The molecular weight excluding hydrogens is 569 g/mol. The van der Waals surface area contributed by atoms with Gasteiger partial charge in [0.05, 0.1) is 10.9 Å². The van der Waals surface area contributed by atoms with E-state index >= 15 is 0 Å². The van der Waals surface area contributed by atoms with E-state index < -0.39 is 0 Å². The Hall–Kier alpha value is -4.76. The maximum atomic E-state index is 2.30. The molecule has 0 aliphatic heterocycles. The number of hydrogen-bond acceptors (Lipinski definition) is 1. The first-order valence-electron chi connectivity index (χ1n) is 14.8. The van der Waals surface area contributed by atoms with Crippen LogP contribution in [-0.2, 0) is 10.9 Å². The summed E-state index contributed by atoms with van der Waals surface area (Å²) < 4.78 is 0. The smallest absolute Gasteiger partial charge is 0.0901 e. The van der Waals surface area contributed by atoms with Crippen LogP contribution >= 0.6 is 11.8 Å². The molecule has 1 unspecified atom stereocenters. The molecule has 7 aromatic carbocycles. The van der Waals surface area contributed by atoms with Crippen molar-refractivity contribution in [2.24, 2.45) is 0 Å². The maximum absolute atomic E-state index is 2.30. The van der Waals surface area contributed by atoms with Gasteiger partial charge in [-0.25, -0.2) is 0 Å². The Balaban J connectivity index is 1.11. The van der Waals surface area contributed by atoms with Crippen LogP contribution in [0.1, 0.15) is 0 Å². The van der Waals surface area contributed by atoms with Gasteiger partial charge in [0.1, 0.15) is 0 Å². The van der Waals surface area contributed by atoms with E-state index in [0.717, 1.165) is 0 Å². The molecule has 210 valence electrons. The van der Waals surface area contributed by atoms with E-state index in [0.29, 0.717) is 0 Å². The summed E-state index contributed by atoms with van der Waals surface area (Å²) in [4.78, 5) is 6.45. The monoisotopic (exact) mass is 599 g/mol. The van der Waals surface area contributed by atoms with Crippen molar-refractivity contribution in [2.75, 3.05) is 0 Å². The molecular formula is C42H31S2+. The fourth-order valence-electron chi connectivity index (χ4n) is 5.36. The average Bonchev–Trinajstić information content (AvgIpc) is 3.11. The highest BCUT2D eigenvalue weighted by Crippen LogP contribution is 2.36. The summed E-state index contributed by atoms with van der Waals surface area (Å²) in [7, 11) is -0.196. The lowest BCUT2D eigenvalue weighted by Crippen LogP contribution is -2.04. The minimum Gasteiger partial charge on any atom is -0.0901 e. The highest BCUT2D eigenvalue weighted by molar-refractivity contribution is 7.99. The minimum atomic E-state index is -0.196. The van der Waals surface area contributed by atoms with Crippen molar-refractivity contribution in [1.82, 2.24) is 0 Å². The molecule has 44 heavy (non-hydrogen) atoms. The van der Waals surface area contributed by atoms with E-state index in [1.165, 1.54) is 57.9 Å². The first kappa shape index (κ1) is 28.0. The fraction of sp³-hybridized carbons (Fsp3) is 0. The molecule has 2 heteroatoms. The van der Waals surface area contributed by atoms with Gasteiger partial charge in [-0.3, -0.25) is 0 Å². The van der Waals surface area contributed by atoms with Crippen LogP contribution in [0.3, 0.4) is 0 Å². The molecule has 0 bridgehead atoms. The van der Waals surface area contributed by atoms with E-state index in [9.17, 15) is 0 Å². The highest BCUT2D eigenvalue weighted by Gasteiger charge is 2.28. The van der Waals surface area contributed by atoms with E-state index in [2.05, 4.69) is 188 Å². The summed E-state index contributed by atoms with van der Waals surface area (Å²) in [5.74, 6) is 0. The number of benzene rings is 7. The van der Waals surface area contributed by atoms with Crippen LogP contribution in [0.15, 0.2) is 213 Å². The zero-order valence-electron chi connectivity index (χ0n) is 24.2. The van der Waals surface area contributed by atoms with Crippen LogP contribution in [-0.4, -0.2) is 0 Å². The number of rotatable bonds is 8. The van der Waals surface area contributed by atoms with Gasteiger partial charge in [0.2, 0.25) is 0 Å². The largest absolute Gasteiger partial charge is 0.166 e. The molecule has 0 N–H and O–H groups in total. The van der Waals surface area contributed by atoms with Crippen LogP contribution in [0, 0.1) is 0 Å². The molecule has 0 amide bonds. The standard InChI is InChI=1S/C42H31S2/c1-4-10-32(11-5-1)34-16-18-35(19-17-34)37-22-28-41(29-23-37)44(40-14-8-3-9-15-40)42-30-26-39(27-31-42)43-38-24-20-36(21-25-38)33-12-6-2-7-13-33/h1-31H/q+1. The second-order valence-corrected chi connectivity index (χ2v) is 13.7. The van der Waals surface area contributed by atoms with Gasteiger partial charge in [-0.2, -0.15) is 0 Å². The molecule has 0 aliphatic rings. The molecule has 0 saturated heterocycles. The normalized spacial score (nSPS) is 11.6. The van der Waals surface area contributed by atoms with Crippen LogP contribution < -0.4 is 0 Å². The van der Waals surface area contributed by atoms with Gasteiger partial charge >= 0.3 is 0 Å². The molecule has 0 nitrogen and oxygen atoms in total. The van der Waals surface area contributed by atoms with Gasteiger partial charge in [-0.15, -0.1) is 0 Å². The summed E-state index contributed by atoms with van der Waals surface area (Å²) in [6, 6.07) is 67.9. The van der Waals surface area contributed by atoms with Crippen molar-refractivity contribution in [1.29, 1.82) is 0 Å². The molecule has 0 saturated carbocycles. The molecule has 7 aromatic rings. The second-order valence-electron chi connectivity index (χ2n) is 10.6. The van der Waals surface area contributed by atoms with Gasteiger partial charge in [-0.1, -0.05) is 127 Å². The second kappa shape index (κ2) is 13.3. The van der Waals surface area contributed by atoms with E-state index in [-0.39, 0.29) is 10.9 Å². The summed E-state index contributed by atoms with van der Waals surface area (Å²) in [6.45, 7) is 0. The Morgan fingerprint density at radius 2 is 0.523 bits per heavy atom. The lowest BCUT2D eigenvalue weighted by Gasteiger charge is -2.10. The zero-order valence-corrected chi connectivity index (χ0v) is 25.8. The molecule has 7 rings (SSSR count).